The molecule has 5 rings (SSSR count). The molecule has 1 aliphatic heterocycles. The number of hydrogen-bond donors (Lipinski definition) is 1. The molecule has 4 aromatic rings. The Morgan fingerprint density at radius 3 is 2.78 bits per heavy atom. The van der Waals surface area contributed by atoms with Crippen molar-refractivity contribution in [1.29, 1.82) is 0 Å². The Hall–Kier alpha value is -4.12. The van der Waals surface area contributed by atoms with Crippen molar-refractivity contribution in [3.63, 3.8) is 0 Å². The van der Waals surface area contributed by atoms with Gasteiger partial charge in [-0.25, -0.2) is 9.48 Å². The molecule has 0 saturated carbocycles. The molecule has 1 atom stereocenters. The molecule has 1 fully saturated rings. The number of rotatable bonds is 5. The highest BCUT2D eigenvalue weighted by Gasteiger charge is 2.49. The van der Waals surface area contributed by atoms with Crippen LogP contribution in [0.1, 0.15) is 18.4 Å². The molecule has 0 unspecified atom stereocenters. The lowest BCUT2D eigenvalue weighted by Gasteiger charge is -2.22. The minimum Gasteiger partial charge on any atom is -0.337 e. The van der Waals surface area contributed by atoms with Crippen molar-refractivity contribution in [2.75, 3.05) is 0 Å². The van der Waals surface area contributed by atoms with Crippen molar-refractivity contribution >= 4 is 23.5 Å². The SMILES string of the molecule is C[C@@]1(c2cccc(-n3cnnn3)c2)NC(=O)N(Cc2nc(-c3cccc(Cl)c3)no2)C1=O. The minimum atomic E-state index is -1.28. The van der Waals surface area contributed by atoms with Gasteiger partial charge in [-0.05, 0) is 47.2 Å². The van der Waals surface area contributed by atoms with E-state index in [2.05, 4.69) is 31.0 Å². The number of halogens is 1. The van der Waals surface area contributed by atoms with Crippen LogP contribution in [0.15, 0.2) is 59.4 Å². The number of hydrogen-bond acceptors (Lipinski definition) is 8. The zero-order valence-corrected chi connectivity index (χ0v) is 17.4. The Kier molecular flexibility index (Phi) is 4.67. The second-order valence-electron chi connectivity index (χ2n) is 7.27. The number of nitrogens with zero attached hydrogens (tertiary/aromatic N) is 7. The molecule has 0 spiro atoms. The summed E-state index contributed by atoms with van der Waals surface area (Å²) in [4.78, 5) is 31.2. The van der Waals surface area contributed by atoms with Crippen LogP contribution >= 0.6 is 11.6 Å². The first-order valence-electron chi connectivity index (χ1n) is 9.50. The molecule has 3 amide bonds. The van der Waals surface area contributed by atoms with Crippen LogP contribution in [-0.4, -0.2) is 47.2 Å². The average molecular weight is 451 g/mol. The van der Waals surface area contributed by atoms with Crippen LogP contribution in [0.25, 0.3) is 17.1 Å². The summed E-state index contributed by atoms with van der Waals surface area (Å²) in [7, 11) is 0. The van der Waals surface area contributed by atoms with E-state index in [-0.39, 0.29) is 12.4 Å². The smallest absolute Gasteiger partial charge is 0.325 e. The Balaban J connectivity index is 1.39. The largest absolute Gasteiger partial charge is 0.337 e. The summed E-state index contributed by atoms with van der Waals surface area (Å²) in [6.07, 6.45) is 1.44. The van der Waals surface area contributed by atoms with Gasteiger partial charge in [-0.3, -0.25) is 9.69 Å². The maximum absolute atomic E-state index is 13.2. The molecule has 32 heavy (non-hydrogen) atoms. The summed E-state index contributed by atoms with van der Waals surface area (Å²) in [6.45, 7) is 1.47. The van der Waals surface area contributed by atoms with Gasteiger partial charge in [0.25, 0.3) is 5.91 Å². The zero-order valence-electron chi connectivity index (χ0n) is 16.6. The Morgan fingerprint density at radius 2 is 2.00 bits per heavy atom. The van der Waals surface area contributed by atoms with Crippen LogP contribution in [0, 0.1) is 0 Å². The van der Waals surface area contributed by atoms with Crippen molar-refractivity contribution in [1.82, 2.24) is 40.6 Å². The summed E-state index contributed by atoms with van der Waals surface area (Å²) in [5, 5.41) is 18.3. The van der Waals surface area contributed by atoms with Crippen molar-refractivity contribution in [2.45, 2.75) is 19.0 Å². The summed E-state index contributed by atoms with van der Waals surface area (Å²) < 4.78 is 6.72. The lowest BCUT2D eigenvalue weighted by atomic mass is 9.91. The summed E-state index contributed by atoms with van der Waals surface area (Å²) in [5.41, 5.74) is 0.611. The first-order chi connectivity index (χ1) is 15.4. The number of tetrazole rings is 1. The molecule has 1 saturated heterocycles. The van der Waals surface area contributed by atoms with E-state index in [4.69, 9.17) is 16.1 Å². The summed E-state index contributed by atoms with van der Waals surface area (Å²) in [5.74, 6) is -0.0134. The van der Waals surface area contributed by atoms with Gasteiger partial charge < -0.3 is 9.84 Å². The zero-order chi connectivity index (χ0) is 22.3. The van der Waals surface area contributed by atoms with Crippen molar-refractivity contribution in [3.05, 3.63) is 71.3 Å². The highest BCUT2D eigenvalue weighted by atomic mass is 35.5. The van der Waals surface area contributed by atoms with E-state index in [1.54, 1.807) is 55.5 Å². The fourth-order valence-corrected chi connectivity index (χ4v) is 3.66. The predicted octanol–water partition coefficient (Wildman–Crippen LogP) is 2.33. The number of nitrogens with one attached hydrogen (secondary N) is 1. The lowest BCUT2D eigenvalue weighted by molar-refractivity contribution is -0.131. The number of carbonyl (C=O) groups is 2. The standard InChI is InChI=1S/C20H15ClN8O3/c1-20(13-5-3-7-15(9-13)29-11-22-26-27-29)18(30)28(19(31)24-20)10-16-23-17(25-32-16)12-4-2-6-14(21)8-12/h2-9,11H,10H2,1H3,(H,24,31)/t20-/m0/s1. The highest BCUT2D eigenvalue weighted by Crippen LogP contribution is 2.31. The summed E-state index contributed by atoms with van der Waals surface area (Å²) in [6, 6.07) is 13.4. The molecule has 3 heterocycles. The molecule has 1 aliphatic rings. The molecular formula is C20H15ClN8O3. The highest BCUT2D eigenvalue weighted by molar-refractivity contribution is 6.30. The first kappa shape index (κ1) is 19.8. The van der Waals surface area contributed by atoms with Crippen molar-refractivity contribution in [3.8, 4) is 17.1 Å². The second-order valence-corrected chi connectivity index (χ2v) is 7.71. The molecule has 11 nitrogen and oxygen atoms in total. The number of urea groups is 1. The van der Waals surface area contributed by atoms with Gasteiger partial charge in [0.15, 0.2) is 0 Å². The van der Waals surface area contributed by atoms with Crippen LogP contribution in [0.4, 0.5) is 4.79 Å². The van der Waals surface area contributed by atoms with Crippen LogP contribution < -0.4 is 5.32 Å². The van der Waals surface area contributed by atoms with E-state index < -0.39 is 17.5 Å². The Bertz CT molecular complexity index is 1320. The summed E-state index contributed by atoms with van der Waals surface area (Å²) >= 11 is 6.01. The molecule has 1 N–H and O–H groups in total. The van der Waals surface area contributed by atoms with Gasteiger partial charge >= 0.3 is 6.03 Å². The number of benzene rings is 2. The maximum Gasteiger partial charge on any atom is 0.325 e. The topological polar surface area (TPSA) is 132 Å². The fourth-order valence-electron chi connectivity index (χ4n) is 3.47. The van der Waals surface area contributed by atoms with E-state index in [1.807, 2.05) is 0 Å². The van der Waals surface area contributed by atoms with Crippen molar-refractivity contribution < 1.29 is 14.1 Å². The van der Waals surface area contributed by atoms with E-state index >= 15 is 0 Å². The molecule has 2 aromatic heterocycles. The fraction of sp³-hybridized carbons (Fsp3) is 0.150. The Labute approximate surface area is 186 Å². The molecular weight excluding hydrogens is 436 g/mol. The number of carbonyl (C=O) groups excluding carboxylic acids is 2. The quantitative estimate of drug-likeness (QED) is 0.458. The van der Waals surface area contributed by atoms with E-state index in [1.165, 1.54) is 11.0 Å². The number of aromatic nitrogens is 6. The van der Waals surface area contributed by atoms with Gasteiger partial charge in [-0.15, -0.1) is 5.10 Å². The van der Waals surface area contributed by atoms with E-state index in [0.717, 1.165) is 4.90 Å². The van der Waals surface area contributed by atoms with Crippen LogP contribution in [0.3, 0.4) is 0 Å². The minimum absolute atomic E-state index is 0.121. The normalized spacial score (nSPS) is 18.2. The molecule has 0 radical (unpaired) electrons. The lowest BCUT2D eigenvalue weighted by Crippen LogP contribution is -2.40. The van der Waals surface area contributed by atoms with Gasteiger partial charge in [0, 0.05) is 10.6 Å². The van der Waals surface area contributed by atoms with Crippen LogP contribution in [0.2, 0.25) is 5.02 Å². The third-order valence-corrected chi connectivity index (χ3v) is 5.39. The number of amides is 3. The Morgan fingerprint density at radius 1 is 1.16 bits per heavy atom. The molecule has 2 aromatic carbocycles. The van der Waals surface area contributed by atoms with Gasteiger partial charge in [-0.1, -0.05) is 41.0 Å². The molecule has 160 valence electrons. The second kappa shape index (κ2) is 7.54. The average Bonchev–Trinajstić information content (AvgIpc) is 3.53. The van der Waals surface area contributed by atoms with E-state index in [0.29, 0.717) is 27.7 Å². The third kappa shape index (κ3) is 3.38. The van der Waals surface area contributed by atoms with Gasteiger partial charge in [0.05, 0.1) is 5.69 Å². The van der Waals surface area contributed by atoms with Crippen molar-refractivity contribution in [2.24, 2.45) is 0 Å². The van der Waals surface area contributed by atoms with Crippen LogP contribution in [0.5, 0.6) is 0 Å². The van der Waals surface area contributed by atoms with E-state index in [9.17, 15) is 9.59 Å². The molecule has 0 bridgehead atoms. The number of imide groups is 1. The van der Waals surface area contributed by atoms with Gasteiger partial charge in [0.1, 0.15) is 18.4 Å². The predicted molar refractivity (Wildman–Crippen MR) is 110 cm³/mol. The monoisotopic (exact) mass is 450 g/mol. The maximum atomic E-state index is 13.2. The van der Waals surface area contributed by atoms with Crippen LogP contribution in [-0.2, 0) is 16.9 Å². The first-order valence-corrected chi connectivity index (χ1v) is 9.88. The molecule has 0 aliphatic carbocycles. The van der Waals surface area contributed by atoms with Gasteiger partial charge in [0.2, 0.25) is 11.7 Å². The molecule has 12 heteroatoms. The van der Waals surface area contributed by atoms with Gasteiger partial charge in [-0.2, -0.15) is 4.98 Å². The third-order valence-electron chi connectivity index (χ3n) is 5.16.